The van der Waals surface area contributed by atoms with Crippen molar-refractivity contribution in [2.24, 2.45) is 7.05 Å². The first-order valence-corrected chi connectivity index (χ1v) is 7.63. The molecular formula is C14H19FN4S. The van der Waals surface area contributed by atoms with E-state index in [0.29, 0.717) is 6.04 Å². The van der Waals surface area contributed by atoms with Crippen molar-refractivity contribution in [3.8, 4) is 0 Å². The first-order chi connectivity index (χ1) is 9.67. The SMILES string of the molecule is CCNC(CSc1cccc(F)c1)Cc1cn(C)nn1. The molecule has 6 heteroatoms. The van der Waals surface area contributed by atoms with E-state index < -0.39 is 0 Å². The lowest BCUT2D eigenvalue weighted by Gasteiger charge is -2.16. The van der Waals surface area contributed by atoms with Crippen LogP contribution in [0, 0.1) is 5.82 Å². The van der Waals surface area contributed by atoms with E-state index >= 15 is 0 Å². The van der Waals surface area contributed by atoms with Crippen molar-refractivity contribution in [1.82, 2.24) is 20.3 Å². The fourth-order valence-corrected chi connectivity index (χ4v) is 2.97. The third kappa shape index (κ3) is 4.61. The average Bonchev–Trinajstić information content (AvgIpc) is 2.82. The van der Waals surface area contributed by atoms with E-state index in [1.54, 1.807) is 28.6 Å². The van der Waals surface area contributed by atoms with Crippen LogP contribution in [0.4, 0.5) is 4.39 Å². The summed E-state index contributed by atoms with van der Waals surface area (Å²) in [7, 11) is 1.86. The minimum absolute atomic E-state index is 0.191. The quantitative estimate of drug-likeness (QED) is 0.796. The van der Waals surface area contributed by atoms with Crippen LogP contribution < -0.4 is 5.32 Å². The highest BCUT2D eigenvalue weighted by molar-refractivity contribution is 7.99. The smallest absolute Gasteiger partial charge is 0.124 e. The Labute approximate surface area is 122 Å². The number of rotatable bonds is 7. The van der Waals surface area contributed by atoms with Crippen LogP contribution in [0.25, 0.3) is 0 Å². The molecule has 1 aromatic carbocycles. The number of nitrogens with one attached hydrogen (secondary N) is 1. The van der Waals surface area contributed by atoms with E-state index in [1.807, 2.05) is 19.3 Å². The minimum Gasteiger partial charge on any atom is -0.313 e. The second-order valence-corrected chi connectivity index (χ2v) is 5.70. The highest BCUT2D eigenvalue weighted by atomic mass is 32.2. The van der Waals surface area contributed by atoms with Crippen molar-refractivity contribution in [3.05, 3.63) is 42.0 Å². The molecule has 108 valence electrons. The fourth-order valence-electron chi connectivity index (χ4n) is 1.97. The Morgan fingerprint density at radius 1 is 1.45 bits per heavy atom. The van der Waals surface area contributed by atoms with Gasteiger partial charge in [0, 0.05) is 36.4 Å². The molecule has 0 saturated heterocycles. The van der Waals surface area contributed by atoms with E-state index in [9.17, 15) is 4.39 Å². The molecule has 20 heavy (non-hydrogen) atoms. The van der Waals surface area contributed by atoms with Crippen LogP contribution in [0.5, 0.6) is 0 Å². The van der Waals surface area contributed by atoms with Crippen LogP contribution in [0.1, 0.15) is 12.6 Å². The lowest BCUT2D eigenvalue weighted by molar-refractivity contribution is 0.566. The van der Waals surface area contributed by atoms with Crippen LogP contribution in [0.3, 0.4) is 0 Å². The molecule has 0 aliphatic heterocycles. The Kier molecular flexibility index (Phi) is 5.55. The van der Waals surface area contributed by atoms with Crippen molar-refractivity contribution in [3.63, 3.8) is 0 Å². The Morgan fingerprint density at radius 3 is 2.95 bits per heavy atom. The Hall–Kier alpha value is -1.40. The molecule has 0 aliphatic rings. The van der Waals surface area contributed by atoms with Gasteiger partial charge in [-0.3, -0.25) is 4.68 Å². The van der Waals surface area contributed by atoms with Gasteiger partial charge in [0.05, 0.1) is 5.69 Å². The first-order valence-electron chi connectivity index (χ1n) is 6.64. The van der Waals surface area contributed by atoms with Crippen molar-refractivity contribution in [2.75, 3.05) is 12.3 Å². The lowest BCUT2D eigenvalue weighted by atomic mass is 10.2. The third-order valence-electron chi connectivity index (χ3n) is 2.85. The molecule has 0 bridgehead atoms. The zero-order chi connectivity index (χ0) is 14.4. The maximum atomic E-state index is 13.1. The van der Waals surface area contributed by atoms with Gasteiger partial charge in [-0.1, -0.05) is 18.2 Å². The number of halogens is 1. The van der Waals surface area contributed by atoms with Crippen LogP contribution in [-0.2, 0) is 13.5 Å². The predicted octanol–water partition coefficient (Wildman–Crippen LogP) is 2.27. The molecule has 0 spiro atoms. The normalized spacial score (nSPS) is 12.6. The summed E-state index contributed by atoms with van der Waals surface area (Å²) in [6, 6.07) is 6.99. The molecule has 0 radical (unpaired) electrons. The van der Waals surface area contributed by atoms with Gasteiger partial charge in [-0.05, 0) is 24.7 Å². The minimum atomic E-state index is -0.191. The first kappa shape index (κ1) is 15.0. The topological polar surface area (TPSA) is 42.7 Å². The zero-order valence-corrected chi connectivity index (χ0v) is 12.5. The molecule has 1 aromatic heterocycles. The van der Waals surface area contributed by atoms with Gasteiger partial charge in [-0.15, -0.1) is 16.9 Å². The van der Waals surface area contributed by atoms with Gasteiger partial charge in [0.2, 0.25) is 0 Å². The summed E-state index contributed by atoms with van der Waals surface area (Å²) in [6.07, 6.45) is 2.75. The predicted molar refractivity (Wildman–Crippen MR) is 79.3 cm³/mol. The number of aromatic nitrogens is 3. The molecular weight excluding hydrogens is 275 g/mol. The van der Waals surface area contributed by atoms with Gasteiger partial charge >= 0.3 is 0 Å². The van der Waals surface area contributed by atoms with Gasteiger partial charge in [-0.2, -0.15) is 0 Å². The Morgan fingerprint density at radius 2 is 2.30 bits per heavy atom. The summed E-state index contributed by atoms with van der Waals surface area (Å²) in [6.45, 7) is 2.98. The highest BCUT2D eigenvalue weighted by Gasteiger charge is 2.11. The average molecular weight is 294 g/mol. The van der Waals surface area contributed by atoms with E-state index in [0.717, 1.165) is 29.3 Å². The molecule has 1 atom stereocenters. The molecule has 0 fully saturated rings. The number of thioether (sulfide) groups is 1. The Balaban J connectivity index is 1.91. The van der Waals surface area contributed by atoms with Gasteiger partial charge in [-0.25, -0.2) is 4.39 Å². The second-order valence-electron chi connectivity index (χ2n) is 4.61. The number of hydrogen-bond acceptors (Lipinski definition) is 4. The maximum Gasteiger partial charge on any atom is 0.124 e. The van der Waals surface area contributed by atoms with Crippen LogP contribution >= 0.6 is 11.8 Å². The van der Waals surface area contributed by atoms with Gasteiger partial charge < -0.3 is 5.32 Å². The molecule has 4 nitrogen and oxygen atoms in total. The van der Waals surface area contributed by atoms with Gasteiger partial charge in [0.25, 0.3) is 0 Å². The number of likely N-dealkylation sites (N-methyl/N-ethyl adjacent to an activating group) is 1. The third-order valence-corrected chi connectivity index (χ3v) is 4.00. The molecule has 0 aliphatic carbocycles. The summed E-state index contributed by atoms with van der Waals surface area (Å²) in [5, 5.41) is 11.5. The summed E-state index contributed by atoms with van der Waals surface area (Å²) in [5.74, 6) is 0.678. The number of aryl methyl sites for hydroxylation is 1. The van der Waals surface area contributed by atoms with Crippen molar-refractivity contribution >= 4 is 11.8 Å². The Bertz CT molecular complexity index is 543. The van der Waals surface area contributed by atoms with Crippen LogP contribution in [0.2, 0.25) is 0 Å². The van der Waals surface area contributed by atoms with Crippen LogP contribution in [-0.4, -0.2) is 33.3 Å². The molecule has 0 saturated carbocycles. The van der Waals surface area contributed by atoms with Gasteiger partial charge in [0.15, 0.2) is 0 Å². The largest absolute Gasteiger partial charge is 0.313 e. The standard InChI is InChI=1S/C14H19FN4S/c1-3-16-13(8-12-9-19(2)18-17-12)10-20-14-6-4-5-11(15)7-14/h4-7,9,13,16H,3,8,10H2,1-2H3. The summed E-state index contributed by atoms with van der Waals surface area (Å²) >= 11 is 1.65. The molecule has 1 heterocycles. The number of nitrogens with zero attached hydrogens (tertiary/aromatic N) is 3. The highest BCUT2D eigenvalue weighted by Crippen LogP contribution is 2.20. The number of hydrogen-bond donors (Lipinski definition) is 1. The molecule has 2 rings (SSSR count). The molecule has 2 aromatic rings. The molecule has 1 unspecified atom stereocenters. The lowest BCUT2D eigenvalue weighted by Crippen LogP contribution is -2.33. The van der Waals surface area contributed by atoms with E-state index in [-0.39, 0.29) is 5.82 Å². The summed E-state index contributed by atoms with van der Waals surface area (Å²) in [4.78, 5) is 0.951. The maximum absolute atomic E-state index is 13.1. The van der Waals surface area contributed by atoms with Crippen molar-refractivity contribution in [1.29, 1.82) is 0 Å². The van der Waals surface area contributed by atoms with E-state index in [4.69, 9.17) is 0 Å². The van der Waals surface area contributed by atoms with Crippen molar-refractivity contribution < 1.29 is 4.39 Å². The van der Waals surface area contributed by atoms with Crippen molar-refractivity contribution in [2.45, 2.75) is 24.3 Å². The summed E-state index contributed by atoms with van der Waals surface area (Å²) in [5.41, 5.74) is 0.971. The van der Waals surface area contributed by atoms with E-state index in [1.165, 1.54) is 6.07 Å². The summed E-state index contributed by atoms with van der Waals surface area (Å²) < 4.78 is 14.8. The number of benzene rings is 1. The van der Waals surface area contributed by atoms with E-state index in [2.05, 4.69) is 22.6 Å². The second kappa shape index (κ2) is 7.40. The zero-order valence-electron chi connectivity index (χ0n) is 11.7. The molecule has 0 amide bonds. The molecule has 1 N–H and O–H groups in total. The monoisotopic (exact) mass is 294 g/mol. The van der Waals surface area contributed by atoms with Crippen LogP contribution in [0.15, 0.2) is 35.4 Å². The fraction of sp³-hybridized carbons (Fsp3) is 0.429. The van der Waals surface area contributed by atoms with Gasteiger partial charge in [0.1, 0.15) is 5.82 Å².